The van der Waals surface area contributed by atoms with Crippen LogP contribution in [0.1, 0.15) is 19.8 Å². The first-order chi connectivity index (χ1) is 7.50. The lowest BCUT2D eigenvalue weighted by molar-refractivity contribution is -0.131. The molecule has 1 aliphatic heterocycles. The van der Waals surface area contributed by atoms with Crippen LogP contribution >= 0.6 is 0 Å². The van der Waals surface area contributed by atoms with E-state index in [4.69, 9.17) is 17.2 Å². The molecule has 7 nitrogen and oxygen atoms in total. The Hall–Kier alpha value is -1.79. The molecule has 1 heterocycles. The number of guanidine groups is 2. The van der Waals surface area contributed by atoms with Gasteiger partial charge < -0.3 is 22.1 Å². The van der Waals surface area contributed by atoms with Crippen molar-refractivity contribution in [3.8, 4) is 0 Å². The summed E-state index contributed by atoms with van der Waals surface area (Å²) in [5.41, 5.74) is 15.7. The van der Waals surface area contributed by atoms with Crippen molar-refractivity contribution in [2.75, 3.05) is 13.1 Å². The van der Waals surface area contributed by atoms with Crippen molar-refractivity contribution in [2.45, 2.75) is 25.8 Å². The van der Waals surface area contributed by atoms with E-state index in [2.05, 4.69) is 9.98 Å². The van der Waals surface area contributed by atoms with Crippen LogP contribution in [0.4, 0.5) is 0 Å². The second kappa shape index (κ2) is 5.34. The third-order valence-corrected chi connectivity index (χ3v) is 2.34. The fourth-order valence-electron chi connectivity index (χ4n) is 1.62. The summed E-state index contributed by atoms with van der Waals surface area (Å²) in [4.78, 5) is 21.1. The average Bonchev–Trinajstić information content (AvgIpc) is 2.67. The Bertz CT molecular complexity index is 314. The molecule has 1 rings (SSSR count). The summed E-state index contributed by atoms with van der Waals surface area (Å²) in [5.74, 6) is -0.270. The maximum absolute atomic E-state index is 11.8. The molecule has 0 aromatic carbocycles. The highest BCUT2D eigenvalue weighted by molar-refractivity contribution is 5.94. The van der Waals surface area contributed by atoms with E-state index in [0.717, 1.165) is 25.9 Å². The third kappa shape index (κ3) is 3.41. The van der Waals surface area contributed by atoms with Gasteiger partial charge in [-0.15, -0.1) is 0 Å². The lowest BCUT2D eigenvalue weighted by Crippen LogP contribution is -2.36. The van der Waals surface area contributed by atoms with Gasteiger partial charge in [0.2, 0.25) is 11.9 Å². The standard InChI is InChI=1S/C9H18N6O/c1-6(13-9(12)14-8(10)11)7(16)15-4-2-3-5-15/h6H,2-5H2,1H3,(H6,10,11,12,13,14). The van der Waals surface area contributed by atoms with Gasteiger partial charge in [0.1, 0.15) is 6.04 Å². The van der Waals surface area contributed by atoms with Crippen molar-refractivity contribution in [1.82, 2.24) is 4.90 Å². The van der Waals surface area contributed by atoms with Crippen molar-refractivity contribution >= 4 is 17.8 Å². The van der Waals surface area contributed by atoms with Gasteiger partial charge in [-0.3, -0.25) is 4.79 Å². The van der Waals surface area contributed by atoms with Crippen LogP contribution in [0.15, 0.2) is 9.98 Å². The largest absolute Gasteiger partial charge is 0.370 e. The smallest absolute Gasteiger partial charge is 0.247 e. The van der Waals surface area contributed by atoms with Gasteiger partial charge in [-0.25, -0.2) is 4.99 Å². The molecular formula is C9H18N6O. The summed E-state index contributed by atoms with van der Waals surface area (Å²) in [6, 6.07) is -0.541. The van der Waals surface area contributed by atoms with Gasteiger partial charge in [-0.1, -0.05) is 0 Å². The van der Waals surface area contributed by atoms with Gasteiger partial charge in [-0.05, 0) is 19.8 Å². The summed E-state index contributed by atoms with van der Waals surface area (Å²) >= 11 is 0. The molecule has 0 radical (unpaired) electrons. The van der Waals surface area contributed by atoms with E-state index >= 15 is 0 Å². The molecule has 1 saturated heterocycles. The highest BCUT2D eigenvalue weighted by atomic mass is 16.2. The molecule has 1 amide bonds. The highest BCUT2D eigenvalue weighted by Crippen LogP contribution is 2.10. The third-order valence-electron chi connectivity index (χ3n) is 2.34. The Kier molecular flexibility index (Phi) is 4.10. The van der Waals surface area contributed by atoms with E-state index in [-0.39, 0.29) is 17.8 Å². The number of aliphatic imine (C=N–C) groups is 2. The second-order valence-electron chi connectivity index (χ2n) is 3.73. The molecule has 0 aromatic rings. The zero-order chi connectivity index (χ0) is 12.1. The number of amides is 1. The fourth-order valence-corrected chi connectivity index (χ4v) is 1.62. The fraction of sp³-hybridized carbons (Fsp3) is 0.667. The van der Waals surface area contributed by atoms with Gasteiger partial charge in [0.15, 0.2) is 5.96 Å². The van der Waals surface area contributed by atoms with Gasteiger partial charge in [0.05, 0.1) is 0 Å². The van der Waals surface area contributed by atoms with Crippen molar-refractivity contribution in [2.24, 2.45) is 27.2 Å². The molecule has 7 heteroatoms. The lowest BCUT2D eigenvalue weighted by Gasteiger charge is -2.17. The van der Waals surface area contributed by atoms with Crippen LogP contribution < -0.4 is 17.2 Å². The number of hydrogen-bond donors (Lipinski definition) is 3. The summed E-state index contributed by atoms with van der Waals surface area (Å²) in [6.45, 7) is 3.26. The molecule has 0 aliphatic carbocycles. The van der Waals surface area contributed by atoms with Crippen molar-refractivity contribution in [3.05, 3.63) is 0 Å². The number of likely N-dealkylation sites (tertiary alicyclic amines) is 1. The van der Waals surface area contributed by atoms with E-state index in [9.17, 15) is 4.79 Å². The molecule has 1 aliphatic rings. The van der Waals surface area contributed by atoms with E-state index in [0.29, 0.717) is 0 Å². The molecule has 0 aromatic heterocycles. The van der Waals surface area contributed by atoms with Crippen molar-refractivity contribution in [1.29, 1.82) is 0 Å². The number of hydrogen-bond acceptors (Lipinski definition) is 2. The molecule has 16 heavy (non-hydrogen) atoms. The normalized spacial score (nSPS) is 18.3. The molecule has 0 spiro atoms. The lowest BCUT2D eigenvalue weighted by atomic mass is 10.3. The Labute approximate surface area is 94.4 Å². The molecule has 6 N–H and O–H groups in total. The van der Waals surface area contributed by atoms with E-state index < -0.39 is 6.04 Å². The Morgan fingerprint density at radius 1 is 1.25 bits per heavy atom. The average molecular weight is 226 g/mol. The maximum Gasteiger partial charge on any atom is 0.247 e. The number of nitrogens with two attached hydrogens (primary N) is 3. The van der Waals surface area contributed by atoms with Crippen LogP contribution in [0, 0.1) is 0 Å². The van der Waals surface area contributed by atoms with Crippen molar-refractivity contribution in [3.63, 3.8) is 0 Å². The quantitative estimate of drug-likeness (QED) is 0.395. The molecule has 1 fully saturated rings. The molecule has 90 valence electrons. The zero-order valence-electron chi connectivity index (χ0n) is 9.39. The van der Waals surface area contributed by atoms with Gasteiger partial charge in [0, 0.05) is 13.1 Å². The van der Waals surface area contributed by atoms with E-state index in [1.165, 1.54) is 0 Å². The predicted molar refractivity (Wildman–Crippen MR) is 62.7 cm³/mol. The van der Waals surface area contributed by atoms with E-state index in [1.807, 2.05) is 0 Å². The van der Waals surface area contributed by atoms with Crippen LogP contribution in [0.25, 0.3) is 0 Å². The van der Waals surface area contributed by atoms with Crippen LogP contribution in [0.5, 0.6) is 0 Å². The minimum Gasteiger partial charge on any atom is -0.370 e. The molecule has 1 atom stereocenters. The Balaban J connectivity index is 2.60. The number of carbonyl (C=O) groups excluding carboxylic acids is 1. The minimum atomic E-state index is -0.541. The number of nitrogens with zero attached hydrogens (tertiary/aromatic N) is 3. The highest BCUT2D eigenvalue weighted by Gasteiger charge is 2.22. The van der Waals surface area contributed by atoms with Crippen molar-refractivity contribution < 1.29 is 4.79 Å². The summed E-state index contributed by atoms with van der Waals surface area (Å²) < 4.78 is 0. The van der Waals surface area contributed by atoms with Crippen LogP contribution in [-0.2, 0) is 4.79 Å². The number of carbonyl (C=O) groups is 1. The summed E-state index contributed by atoms with van der Waals surface area (Å²) in [6.07, 6.45) is 2.09. The number of rotatable bonds is 2. The first kappa shape index (κ1) is 12.3. The van der Waals surface area contributed by atoms with Gasteiger partial charge in [-0.2, -0.15) is 4.99 Å². The Morgan fingerprint density at radius 3 is 2.31 bits per heavy atom. The van der Waals surface area contributed by atoms with Crippen LogP contribution in [0.2, 0.25) is 0 Å². The molecular weight excluding hydrogens is 208 g/mol. The van der Waals surface area contributed by atoms with E-state index in [1.54, 1.807) is 11.8 Å². The molecule has 1 unspecified atom stereocenters. The van der Waals surface area contributed by atoms with Crippen LogP contribution in [0.3, 0.4) is 0 Å². The second-order valence-corrected chi connectivity index (χ2v) is 3.73. The topological polar surface area (TPSA) is 123 Å². The predicted octanol–water partition coefficient (Wildman–Crippen LogP) is -1.41. The van der Waals surface area contributed by atoms with Gasteiger partial charge >= 0.3 is 0 Å². The minimum absolute atomic E-state index is 0.0359. The monoisotopic (exact) mass is 226 g/mol. The summed E-state index contributed by atoms with van der Waals surface area (Å²) in [5, 5.41) is 0. The van der Waals surface area contributed by atoms with Gasteiger partial charge in [0.25, 0.3) is 0 Å². The first-order valence-electron chi connectivity index (χ1n) is 5.22. The maximum atomic E-state index is 11.8. The summed E-state index contributed by atoms with van der Waals surface area (Å²) in [7, 11) is 0. The zero-order valence-corrected chi connectivity index (χ0v) is 9.39. The molecule has 0 saturated carbocycles. The Morgan fingerprint density at radius 2 is 1.81 bits per heavy atom. The first-order valence-corrected chi connectivity index (χ1v) is 5.22. The van der Waals surface area contributed by atoms with Crippen LogP contribution in [-0.4, -0.2) is 41.9 Å². The SMILES string of the molecule is CC(N=C(N)N=C(N)N)C(=O)N1CCCC1. The molecule has 0 bridgehead atoms.